The van der Waals surface area contributed by atoms with E-state index in [1.807, 2.05) is 31.2 Å². The largest absolute Gasteiger partial charge is 0.416 e. The highest BCUT2D eigenvalue weighted by Crippen LogP contribution is 2.39. The quantitative estimate of drug-likeness (QED) is 0.465. The Bertz CT molecular complexity index is 1340. The third-order valence-corrected chi connectivity index (χ3v) is 8.61. The van der Waals surface area contributed by atoms with Crippen molar-refractivity contribution in [2.24, 2.45) is 11.8 Å². The van der Waals surface area contributed by atoms with Gasteiger partial charge in [0, 0.05) is 57.5 Å². The molecule has 2 atom stereocenters. The maximum atomic E-state index is 13.8. The zero-order valence-corrected chi connectivity index (χ0v) is 24.4. The molecule has 2 aromatic rings. The van der Waals surface area contributed by atoms with E-state index in [2.05, 4.69) is 0 Å². The van der Waals surface area contributed by atoms with E-state index < -0.39 is 60.3 Å². The van der Waals surface area contributed by atoms with Gasteiger partial charge in [-0.25, -0.2) is 0 Å². The lowest BCUT2D eigenvalue weighted by Crippen LogP contribution is -2.51. The highest BCUT2D eigenvalue weighted by atomic mass is 19.4. The SMILES string of the molecule is Cc1ccccc1[C@@H]1CN(C(=O)C2CCN(C(=O)CO)CC2)CC[C@H]1C(=O)N(C)Cc1cc(C(F)(F)F)cc(C(F)(F)F)c1. The number of piperidine rings is 2. The van der Waals surface area contributed by atoms with Gasteiger partial charge in [0.05, 0.1) is 11.1 Å². The fourth-order valence-corrected chi connectivity index (χ4v) is 6.25. The summed E-state index contributed by atoms with van der Waals surface area (Å²) in [5, 5.41) is 9.12. The molecule has 44 heavy (non-hydrogen) atoms. The summed E-state index contributed by atoms with van der Waals surface area (Å²) in [7, 11) is 1.35. The number of carbonyl (C=O) groups is 3. The van der Waals surface area contributed by atoms with E-state index in [0.717, 1.165) is 16.0 Å². The van der Waals surface area contributed by atoms with Gasteiger partial charge in [-0.3, -0.25) is 14.4 Å². The van der Waals surface area contributed by atoms with Crippen molar-refractivity contribution in [2.75, 3.05) is 39.8 Å². The Hall–Kier alpha value is -3.61. The number of aliphatic hydroxyl groups is 1. The molecule has 0 unspecified atom stereocenters. The summed E-state index contributed by atoms with van der Waals surface area (Å²) in [6, 6.07) is 8.67. The van der Waals surface area contributed by atoms with Crippen molar-refractivity contribution in [2.45, 2.75) is 51.0 Å². The average molecular weight is 628 g/mol. The van der Waals surface area contributed by atoms with Crippen molar-refractivity contribution >= 4 is 17.7 Å². The molecule has 2 saturated heterocycles. The summed E-state index contributed by atoms with van der Waals surface area (Å²) in [4.78, 5) is 43.5. The number of aliphatic hydroxyl groups excluding tert-OH is 1. The third kappa shape index (κ3) is 7.54. The molecule has 1 N–H and O–H groups in total. The van der Waals surface area contributed by atoms with Gasteiger partial charge in [-0.15, -0.1) is 0 Å². The maximum absolute atomic E-state index is 13.8. The van der Waals surface area contributed by atoms with Crippen molar-refractivity contribution in [1.29, 1.82) is 0 Å². The Kier molecular flexibility index (Phi) is 9.96. The monoisotopic (exact) mass is 627 g/mol. The number of hydrogen-bond donors (Lipinski definition) is 1. The van der Waals surface area contributed by atoms with Crippen molar-refractivity contribution < 1.29 is 45.8 Å². The smallest absolute Gasteiger partial charge is 0.387 e. The lowest BCUT2D eigenvalue weighted by atomic mass is 9.77. The number of carbonyl (C=O) groups excluding carboxylic acids is 3. The van der Waals surface area contributed by atoms with Gasteiger partial charge in [0.25, 0.3) is 0 Å². The summed E-state index contributed by atoms with van der Waals surface area (Å²) in [6.07, 6.45) is -8.86. The topological polar surface area (TPSA) is 81.2 Å². The van der Waals surface area contributed by atoms with Gasteiger partial charge < -0.3 is 19.8 Å². The number of amides is 3. The number of hydrogen-bond acceptors (Lipinski definition) is 4. The lowest BCUT2D eigenvalue weighted by Gasteiger charge is -2.42. The number of aryl methyl sites for hydroxylation is 1. The van der Waals surface area contributed by atoms with E-state index in [1.165, 1.54) is 11.9 Å². The third-order valence-electron chi connectivity index (χ3n) is 8.61. The molecule has 0 spiro atoms. The summed E-state index contributed by atoms with van der Waals surface area (Å²) in [5.41, 5.74) is -1.47. The van der Waals surface area contributed by atoms with Crippen LogP contribution in [0.5, 0.6) is 0 Å². The molecule has 7 nitrogen and oxygen atoms in total. The van der Waals surface area contributed by atoms with E-state index in [1.54, 1.807) is 4.90 Å². The van der Waals surface area contributed by atoms with Crippen LogP contribution >= 0.6 is 0 Å². The van der Waals surface area contributed by atoms with Gasteiger partial charge in [-0.1, -0.05) is 24.3 Å². The van der Waals surface area contributed by atoms with Crippen LogP contribution in [0.25, 0.3) is 0 Å². The van der Waals surface area contributed by atoms with Gasteiger partial charge in [0.1, 0.15) is 6.61 Å². The molecule has 0 saturated carbocycles. The molecule has 0 bridgehead atoms. The van der Waals surface area contributed by atoms with Crippen LogP contribution in [0.4, 0.5) is 26.3 Å². The zero-order chi connectivity index (χ0) is 32.4. The first-order chi connectivity index (χ1) is 20.6. The second kappa shape index (κ2) is 13.2. The molecular formula is C31H35F6N3O4. The number of nitrogens with zero attached hydrogens (tertiary/aromatic N) is 3. The molecule has 2 aliphatic rings. The first-order valence-electron chi connectivity index (χ1n) is 14.4. The van der Waals surface area contributed by atoms with Crippen molar-refractivity contribution in [3.8, 4) is 0 Å². The molecule has 3 amide bonds. The van der Waals surface area contributed by atoms with Crippen LogP contribution in [0, 0.1) is 18.8 Å². The number of alkyl halides is 6. The molecule has 2 fully saturated rings. The Morgan fingerprint density at radius 1 is 0.886 bits per heavy atom. The normalized spacial score (nSPS) is 20.0. The molecular weight excluding hydrogens is 592 g/mol. The van der Waals surface area contributed by atoms with E-state index in [4.69, 9.17) is 5.11 Å². The van der Waals surface area contributed by atoms with E-state index >= 15 is 0 Å². The van der Waals surface area contributed by atoms with Crippen LogP contribution in [-0.4, -0.2) is 77.4 Å². The summed E-state index contributed by atoms with van der Waals surface area (Å²) in [5.74, 6) is -2.36. The first kappa shape index (κ1) is 33.3. The van der Waals surface area contributed by atoms with Crippen LogP contribution in [-0.2, 0) is 33.3 Å². The maximum Gasteiger partial charge on any atom is 0.416 e. The zero-order valence-electron chi connectivity index (χ0n) is 24.4. The van der Waals surface area contributed by atoms with Crippen LogP contribution in [0.1, 0.15) is 53.0 Å². The van der Waals surface area contributed by atoms with E-state index in [9.17, 15) is 40.7 Å². The standard InChI is InChI=1S/C31H35F6N3O4/c1-19-5-3-4-6-24(19)26-17-40(28(43)21-7-10-39(11-8-21)27(42)18-41)12-9-25(26)29(44)38(2)16-20-13-22(30(32,33)34)15-23(14-20)31(35,36)37/h3-6,13-15,21,25-26,41H,7-12,16-18H2,1-2H3/t25-,26+/m1/s1. The Labute approximate surface area is 251 Å². The first-order valence-corrected chi connectivity index (χ1v) is 14.4. The molecule has 4 rings (SSSR count). The van der Waals surface area contributed by atoms with E-state index in [-0.39, 0.29) is 43.0 Å². The predicted molar refractivity (Wildman–Crippen MR) is 148 cm³/mol. The molecule has 2 heterocycles. The average Bonchev–Trinajstić information content (AvgIpc) is 2.99. The summed E-state index contributed by atoms with van der Waals surface area (Å²) >= 11 is 0. The van der Waals surface area contributed by atoms with Crippen LogP contribution in [0.3, 0.4) is 0 Å². The molecule has 0 aliphatic carbocycles. The predicted octanol–water partition coefficient (Wildman–Crippen LogP) is 4.85. The van der Waals surface area contributed by atoms with Gasteiger partial charge >= 0.3 is 12.4 Å². The summed E-state index contributed by atoms with van der Waals surface area (Å²) in [6.45, 7) is 1.98. The van der Waals surface area contributed by atoms with Crippen LogP contribution in [0.15, 0.2) is 42.5 Å². The van der Waals surface area contributed by atoms with Crippen molar-refractivity contribution in [1.82, 2.24) is 14.7 Å². The number of rotatable bonds is 6. The second-order valence-corrected chi connectivity index (χ2v) is 11.6. The number of benzene rings is 2. The molecule has 0 aromatic heterocycles. The Morgan fingerprint density at radius 2 is 1.45 bits per heavy atom. The minimum absolute atomic E-state index is 0.0562. The van der Waals surface area contributed by atoms with E-state index in [0.29, 0.717) is 38.1 Å². The van der Waals surface area contributed by atoms with Crippen LogP contribution < -0.4 is 0 Å². The molecule has 2 aliphatic heterocycles. The van der Waals surface area contributed by atoms with Gasteiger partial charge in [0.2, 0.25) is 17.7 Å². The molecule has 2 aromatic carbocycles. The lowest BCUT2D eigenvalue weighted by molar-refractivity contribution is -0.145. The van der Waals surface area contributed by atoms with Gasteiger partial charge in [0.15, 0.2) is 0 Å². The second-order valence-electron chi connectivity index (χ2n) is 11.6. The van der Waals surface area contributed by atoms with Crippen molar-refractivity contribution in [3.05, 3.63) is 70.3 Å². The van der Waals surface area contributed by atoms with Crippen molar-refractivity contribution in [3.63, 3.8) is 0 Å². The highest BCUT2D eigenvalue weighted by Gasteiger charge is 2.41. The van der Waals surface area contributed by atoms with Gasteiger partial charge in [-0.05, 0) is 61.1 Å². The Morgan fingerprint density at radius 3 is 2.00 bits per heavy atom. The van der Waals surface area contributed by atoms with Gasteiger partial charge in [-0.2, -0.15) is 26.3 Å². The molecule has 240 valence electrons. The molecule has 0 radical (unpaired) electrons. The number of halogens is 6. The fourth-order valence-electron chi connectivity index (χ4n) is 6.25. The highest BCUT2D eigenvalue weighted by molar-refractivity contribution is 5.83. The summed E-state index contributed by atoms with van der Waals surface area (Å²) < 4.78 is 80.4. The van der Waals surface area contributed by atoms with Crippen LogP contribution in [0.2, 0.25) is 0 Å². The number of likely N-dealkylation sites (tertiary alicyclic amines) is 2. The Balaban J connectivity index is 1.54. The minimum Gasteiger partial charge on any atom is -0.387 e. The fraction of sp³-hybridized carbons (Fsp3) is 0.516. The minimum atomic E-state index is -5.00. The molecule has 13 heteroatoms.